The van der Waals surface area contributed by atoms with Gasteiger partial charge in [-0.2, -0.15) is 0 Å². The molecule has 2 aromatic carbocycles. The molecule has 0 aromatic heterocycles. The van der Waals surface area contributed by atoms with Crippen LogP contribution in [0, 0.1) is 0 Å². The SMILES string of the molecule is COc1ccc2ccccc2c1C(=O)C(C)N. The molecule has 1 atom stereocenters. The maximum Gasteiger partial charge on any atom is 0.183 e. The molecule has 2 N–H and O–H groups in total. The molecule has 0 aliphatic heterocycles. The van der Waals surface area contributed by atoms with Gasteiger partial charge in [0.1, 0.15) is 5.75 Å². The Morgan fingerprint density at radius 1 is 1.24 bits per heavy atom. The van der Waals surface area contributed by atoms with Crippen LogP contribution < -0.4 is 10.5 Å². The molecule has 17 heavy (non-hydrogen) atoms. The smallest absolute Gasteiger partial charge is 0.183 e. The summed E-state index contributed by atoms with van der Waals surface area (Å²) in [6.45, 7) is 1.68. The molecule has 88 valence electrons. The van der Waals surface area contributed by atoms with Gasteiger partial charge in [-0.05, 0) is 23.8 Å². The van der Waals surface area contributed by atoms with Crippen molar-refractivity contribution in [2.75, 3.05) is 7.11 Å². The molecule has 0 spiro atoms. The number of fused-ring (bicyclic) bond motifs is 1. The topological polar surface area (TPSA) is 52.3 Å². The van der Waals surface area contributed by atoms with Crippen LogP contribution in [0.4, 0.5) is 0 Å². The summed E-state index contributed by atoms with van der Waals surface area (Å²) in [6, 6.07) is 10.9. The van der Waals surface area contributed by atoms with E-state index in [9.17, 15) is 4.79 Å². The van der Waals surface area contributed by atoms with E-state index in [1.807, 2.05) is 30.3 Å². The fourth-order valence-electron chi connectivity index (χ4n) is 1.90. The summed E-state index contributed by atoms with van der Waals surface area (Å²) in [6.07, 6.45) is 0. The number of methoxy groups -OCH3 is 1. The zero-order chi connectivity index (χ0) is 12.4. The van der Waals surface area contributed by atoms with Gasteiger partial charge in [0.15, 0.2) is 5.78 Å². The third kappa shape index (κ3) is 2.01. The summed E-state index contributed by atoms with van der Waals surface area (Å²) in [5.41, 5.74) is 6.25. The minimum Gasteiger partial charge on any atom is -0.496 e. The van der Waals surface area contributed by atoms with Gasteiger partial charge in [0.05, 0.1) is 18.7 Å². The number of Topliss-reactive ketones (excluding diaryl/α,β-unsaturated/α-hetero) is 1. The van der Waals surface area contributed by atoms with Crippen molar-refractivity contribution in [3.63, 3.8) is 0 Å². The molecule has 0 fully saturated rings. The maximum absolute atomic E-state index is 12.1. The zero-order valence-electron chi connectivity index (χ0n) is 9.94. The predicted octanol–water partition coefficient (Wildman–Crippen LogP) is 2.38. The Hall–Kier alpha value is -1.87. The molecular weight excluding hydrogens is 214 g/mol. The molecular formula is C14H15NO2. The average molecular weight is 229 g/mol. The van der Waals surface area contributed by atoms with Crippen LogP contribution in [0.25, 0.3) is 10.8 Å². The zero-order valence-corrected chi connectivity index (χ0v) is 9.94. The Bertz CT molecular complexity index is 561. The molecule has 3 nitrogen and oxygen atoms in total. The van der Waals surface area contributed by atoms with Crippen molar-refractivity contribution >= 4 is 16.6 Å². The van der Waals surface area contributed by atoms with E-state index in [2.05, 4.69) is 0 Å². The van der Waals surface area contributed by atoms with E-state index in [0.29, 0.717) is 11.3 Å². The molecule has 0 saturated heterocycles. The summed E-state index contributed by atoms with van der Waals surface area (Å²) in [7, 11) is 1.56. The Balaban J connectivity index is 2.76. The van der Waals surface area contributed by atoms with Crippen LogP contribution in [-0.4, -0.2) is 18.9 Å². The summed E-state index contributed by atoms with van der Waals surface area (Å²) in [4.78, 5) is 12.1. The van der Waals surface area contributed by atoms with Crippen LogP contribution in [0.15, 0.2) is 36.4 Å². The van der Waals surface area contributed by atoms with Crippen molar-refractivity contribution in [1.29, 1.82) is 0 Å². The Kier molecular flexibility index (Phi) is 3.11. The lowest BCUT2D eigenvalue weighted by Crippen LogP contribution is -2.27. The average Bonchev–Trinajstić information content (AvgIpc) is 2.36. The van der Waals surface area contributed by atoms with Gasteiger partial charge in [0.2, 0.25) is 0 Å². The molecule has 2 aromatic rings. The van der Waals surface area contributed by atoms with Gasteiger partial charge < -0.3 is 10.5 Å². The molecule has 0 saturated carbocycles. The second-order valence-electron chi connectivity index (χ2n) is 4.02. The van der Waals surface area contributed by atoms with Crippen molar-refractivity contribution in [3.8, 4) is 5.75 Å². The van der Waals surface area contributed by atoms with Gasteiger partial charge in [-0.25, -0.2) is 0 Å². The minimum absolute atomic E-state index is 0.0985. The first kappa shape index (κ1) is 11.6. The van der Waals surface area contributed by atoms with E-state index in [1.165, 1.54) is 0 Å². The standard InChI is InChI=1S/C14H15NO2/c1-9(15)14(16)13-11-6-4-3-5-10(11)7-8-12(13)17-2/h3-9H,15H2,1-2H3. The quantitative estimate of drug-likeness (QED) is 0.822. The van der Waals surface area contributed by atoms with E-state index in [0.717, 1.165) is 10.8 Å². The minimum atomic E-state index is -0.533. The van der Waals surface area contributed by atoms with Gasteiger partial charge in [-0.15, -0.1) is 0 Å². The summed E-state index contributed by atoms with van der Waals surface area (Å²) in [5, 5.41) is 1.89. The van der Waals surface area contributed by atoms with Crippen LogP contribution in [0.3, 0.4) is 0 Å². The first-order valence-corrected chi connectivity index (χ1v) is 5.50. The number of nitrogens with two attached hydrogens (primary N) is 1. The summed E-state index contributed by atoms with van der Waals surface area (Å²) < 4.78 is 5.25. The Morgan fingerprint density at radius 2 is 1.94 bits per heavy atom. The number of rotatable bonds is 3. The third-order valence-electron chi connectivity index (χ3n) is 2.77. The summed E-state index contributed by atoms with van der Waals surface area (Å²) >= 11 is 0. The number of carbonyl (C=O) groups excluding carboxylic acids is 1. The maximum atomic E-state index is 12.1. The van der Waals surface area contributed by atoms with Crippen LogP contribution in [0.5, 0.6) is 5.75 Å². The van der Waals surface area contributed by atoms with E-state index in [1.54, 1.807) is 20.1 Å². The number of hydrogen-bond acceptors (Lipinski definition) is 3. The van der Waals surface area contributed by atoms with Crippen LogP contribution in [0.2, 0.25) is 0 Å². The number of ether oxygens (including phenoxy) is 1. The molecule has 0 aliphatic rings. The number of ketones is 1. The van der Waals surface area contributed by atoms with Crippen molar-refractivity contribution in [3.05, 3.63) is 42.0 Å². The number of hydrogen-bond donors (Lipinski definition) is 1. The largest absolute Gasteiger partial charge is 0.496 e. The van der Waals surface area contributed by atoms with Crippen molar-refractivity contribution in [2.24, 2.45) is 5.73 Å². The van der Waals surface area contributed by atoms with E-state index >= 15 is 0 Å². The van der Waals surface area contributed by atoms with Crippen LogP contribution in [0.1, 0.15) is 17.3 Å². The first-order valence-electron chi connectivity index (χ1n) is 5.50. The highest BCUT2D eigenvalue weighted by Gasteiger charge is 2.18. The Labute approximate surface area is 100 Å². The molecule has 3 heteroatoms. The van der Waals surface area contributed by atoms with Crippen molar-refractivity contribution in [2.45, 2.75) is 13.0 Å². The first-order chi connectivity index (χ1) is 8.15. The predicted molar refractivity (Wildman–Crippen MR) is 68.5 cm³/mol. The number of benzene rings is 2. The van der Waals surface area contributed by atoms with Crippen molar-refractivity contribution in [1.82, 2.24) is 0 Å². The number of carbonyl (C=O) groups is 1. The van der Waals surface area contributed by atoms with E-state index < -0.39 is 6.04 Å². The third-order valence-corrected chi connectivity index (χ3v) is 2.77. The highest BCUT2D eigenvalue weighted by atomic mass is 16.5. The van der Waals surface area contributed by atoms with Gasteiger partial charge in [-0.3, -0.25) is 4.79 Å². The van der Waals surface area contributed by atoms with Crippen LogP contribution in [-0.2, 0) is 0 Å². The van der Waals surface area contributed by atoms with Gasteiger partial charge in [0, 0.05) is 0 Å². The molecule has 1 unspecified atom stereocenters. The second kappa shape index (κ2) is 4.55. The van der Waals surface area contributed by atoms with E-state index in [-0.39, 0.29) is 5.78 Å². The van der Waals surface area contributed by atoms with Gasteiger partial charge in [-0.1, -0.05) is 30.3 Å². The highest BCUT2D eigenvalue weighted by molar-refractivity contribution is 6.12. The lowest BCUT2D eigenvalue weighted by molar-refractivity contribution is 0.0966. The van der Waals surface area contributed by atoms with Crippen LogP contribution >= 0.6 is 0 Å². The fraction of sp³-hybridized carbons (Fsp3) is 0.214. The molecule has 2 rings (SSSR count). The van der Waals surface area contributed by atoms with E-state index in [4.69, 9.17) is 10.5 Å². The molecule has 0 aliphatic carbocycles. The second-order valence-corrected chi connectivity index (χ2v) is 4.02. The summed E-state index contributed by atoms with van der Waals surface area (Å²) in [5.74, 6) is 0.477. The monoisotopic (exact) mass is 229 g/mol. The lowest BCUT2D eigenvalue weighted by Gasteiger charge is -2.12. The van der Waals surface area contributed by atoms with Crippen molar-refractivity contribution < 1.29 is 9.53 Å². The molecule has 0 amide bonds. The van der Waals surface area contributed by atoms with Gasteiger partial charge in [0.25, 0.3) is 0 Å². The molecule has 0 bridgehead atoms. The highest BCUT2D eigenvalue weighted by Crippen LogP contribution is 2.28. The normalized spacial score (nSPS) is 12.4. The lowest BCUT2D eigenvalue weighted by atomic mass is 9.97. The fourth-order valence-corrected chi connectivity index (χ4v) is 1.90. The Morgan fingerprint density at radius 3 is 2.59 bits per heavy atom. The van der Waals surface area contributed by atoms with Gasteiger partial charge >= 0.3 is 0 Å². The molecule has 0 radical (unpaired) electrons. The molecule has 0 heterocycles.